The molecule has 3 aromatic rings. The van der Waals surface area contributed by atoms with Crippen LogP contribution in [0.3, 0.4) is 0 Å². The molecule has 0 aliphatic heterocycles. The number of azo groups is 1. The largest absolute Gasteiger partial charge is 0.497 e. The Bertz CT molecular complexity index is 1160. The number of halogens is 1. The summed E-state index contributed by atoms with van der Waals surface area (Å²) >= 11 is 5.85. The summed E-state index contributed by atoms with van der Waals surface area (Å²) in [5, 5.41) is 17.4. The Morgan fingerprint density at radius 2 is 1.69 bits per heavy atom. The molecule has 0 aromatic heterocycles. The summed E-state index contributed by atoms with van der Waals surface area (Å²) in [7, 11) is 3.01. The third-order valence-corrected chi connectivity index (χ3v) is 4.71. The van der Waals surface area contributed by atoms with Crippen LogP contribution in [0.2, 0.25) is 5.02 Å². The third kappa shape index (κ3) is 5.61. The molecule has 0 aliphatic carbocycles. The zero-order valence-corrected chi connectivity index (χ0v) is 18.0. The Kier molecular flexibility index (Phi) is 7.41. The maximum Gasteiger partial charge on any atom is 0.343 e. The van der Waals surface area contributed by atoms with Crippen LogP contribution in [0, 0.1) is 0 Å². The Labute approximate surface area is 189 Å². The number of ether oxygens (including phenoxy) is 3. The number of carbonyl (C=O) groups is 2. The van der Waals surface area contributed by atoms with Gasteiger partial charge in [0.05, 0.1) is 42.6 Å². The van der Waals surface area contributed by atoms with Crippen LogP contribution in [0.5, 0.6) is 17.2 Å². The molecule has 3 aromatic carbocycles. The van der Waals surface area contributed by atoms with Crippen molar-refractivity contribution >= 4 is 29.2 Å². The molecule has 0 aliphatic rings. The van der Waals surface area contributed by atoms with E-state index in [-0.39, 0.29) is 22.9 Å². The molecule has 32 heavy (non-hydrogen) atoms. The SMILES string of the molecule is COc1ccc(C(=O)Oc2ccc(CN=Nc3ccc(Cl)c(C(=O)O)c3)cc2OC)cc1. The molecule has 8 nitrogen and oxygen atoms in total. The van der Waals surface area contributed by atoms with Gasteiger partial charge in [-0.05, 0) is 60.2 Å². The van der Waals surface area contributed by atoms with E-state index < -0.39 is 11.9 Å². The van der Waals surface area contributed by atoms with Gasteiger partial charge in [-0.3, -0.25) is 0 Å². The number of benzene rings is 3. The van der Waals surface area contributed by atoms with Crippen molar-refractivity contribution in [2.75, 3.05) is 14.2 Å². The molecule has 0 amide bonds. The standard InChI is InChI=1S/C23H19ClN2O6/c1-30-17-7-4-15(5-8-17)23(29)32-20-10-3-14(11-21(20)31-2)13-25-26-16-6-9-19(24)18(12-16)22(27)28/h3-12H,13H2,1-2H3,(H,27,28). The molecule has 0 heterocycles. The highest BCUT2D eigenvalue weighted by atomic mass is 35.5. The Balaban J connectivity index is 1.69. The van der Waals surface area contributed by atoms with Crippen molar-refractivity contribution in [2.24, 2.45) is 10.2 Å². The van der Waals surface area contributed by atoms with E-state index in [0.29, 0.717) is 22.7 Å². The van der Waals surface area contributed by atoms with Crippen LogP contribution in [0.25, 0.3) is 0 Å². The first-order chi connectivity index (χ1) is 15.4. The molecule has 0 unspecified atom stereocenters. The van der Waals surface area contributed by atoms with Crippen LogP contribution >= 0.6 is 11.6 Å². The fraction of sp³-hybridized carbons (Fsp3) is 0.130. The first kappa shape index (κ1) is 22.8. The molecule has 3 rings (SSSR count). The van der Waals surface area contributed by atoms with Gasteiger partial charge in [0.1, 0.15) is 5.75 Å². The number of rotatable bonds is 8. The van der Waals surface area contributed by atoms with Gasteiger partial charge in [-0.1, -0.05) is 17.7 Å². The van der Waals surface area contributed by atoms with Gasteiger partial charge in [0.25, 0.3) is 0 Å². The molecule has 0 spiro atoms. The monoisotopic (exact) mass is 454 g/mol. The summed E-state index contributed by atoms with van der Waals surface area (Å²) in [6.45, 7) is 0.202. The number of methoxy groups -OCH3 is 2. The van der Waals surface area contributed by atoms with E-state index in [1.807, 2.05) is 0 Å². The van der Waals surface area contributed by atoms with Crippen LogP contribution in [0.4, 0.5) is 5.69 Å². The number of esters is 1. The highest BCUT2D eigenvalue weighted by Gasteiger charge is 2.13. The molecule has 0 bridgehead atoms. The predicted octanol–water partition coefficient (Wildman–Crippen LogP) is 5.56. The van der Waals surface area contributed by atoms with E-state index in [2.05, 4.69) is 10.2 Å². The molecular weight excluding hydrogens is 436 g/mol. The number of hydrogen-bond acceptors (Lipinski definition) is 7. The zero-order valence-electron chi connectivity index (χ0n) is 17.2. The molecule has 0 saturated carbocycles. The van der Waals surface area contributed by atoms with Crippen LogP contribution in [-0.2, 0) is 6.54 Å². The highest BCUT2D eigenvalue weighted by Crippen LogP contribution is 2.30. The first-order valence-electron chi connectivity index (χ1n) is 9.34. The minimum atomic E-state index is -1.14. The van der Waals surface area contributed by atoms with Gasteiger partial charge in [0.15, 0.2) is 11.5 Å². The number of nitrogens with zero attached hydrogens (tertiary/aromatic N) is 2. The van der Waals surface area contributed by atoms with Gasteiger partial charge in [0, 0.05) is 0 Å². The van der Waals surface area contributed by atoms with Gasteiger partial charge >= 0.3 is 11.9 Å². The summed E-state index contributed by atoms with van der Waals surface area (Å²) in [5.74, 6) is -0.417. The Morgan fingerprint density at radius 3 is 2.34 bits per heavy atom. The third-order valence-electron chi connectivity index (χ3n) is 4.38. The Hall–Kier alpha value is -3.91. The molecular formula is C23H19ClN2O6. The lowest BCUT2D eigenvalue weighted by Crippen LogP contribution is -2.09. The van der Waals surface area contributed by atoms with E-state index in [1.54, 1.807) is 55.6 Å². The van der Waals surface area contributed by atoms with Gasteiger partial charge in [-0.25, -0.2) is 9.59 Å². The minimum Gasteiger partial charge on any atom is -0.497 e. The number of carboxylic acids is 1. The van der Waals surface area contributed by atoms with Crippen molar-refractivity contribution in [2.45, 2.75) is 6.54 Å². The summed E-state index contributed by atoms with van der Waals surface area (Å²) in [5.41, 5.74) is 1.44. The Morgan fingerprint density at radius 1 is 0.938 bits per heavy atom. The second-order valence-corrected chi connectivity index (χ2v) is 6.88. The van der Waals surface area contributed by atoms with E-state index in [1.165, 1.54) is 19.2 Å². The summed E-state index contributed by atoms with van der Waals surface area (Å²) in [6, 6.07) is 15.9. The second kappa shape index (κ2) is 10.4. The topological polar surface area (TPSA) is 107 Å². The van der Waals surface area contributed by atoms with E-state index in [0.717, 1.165) is 5.56 Å². The number of aromatic carboxylic acids is 1. The molecule has 1 N–H and O–H groups in total. The average molecular weight is 455 g/mol. The van der Waals surface area contributed by atoms with Crippen LogP contribution < -0.4 is 14.2 Å². The summed E-state index contributed by atoms with van der Waals surface area (Å²) < 4.78 is 15.9. The van der Waals surface area contributed by atoms with Gasteiger partial charge in [-0.2, -0.15) is 10.2 Å². The number of carboxylic acid groups (broad SMARTS) is 1. The summed E-state index contributed by atoms with van der Waals surface area (Å²) in [6.07, 6.45) is 0. The molecule has 0 saturated heterocycles. The fourth-order valence-corrected chi connectivity index (χ4v) is 2.92. The lowest BCUT2D eigenvalue weighted by atomic mass is 10.2. The van der Waals surface area contributed by atoms with Gasteiger partial charge < -0.3 is 19.3 Å². The van der Waals surface area contributed by atoms with Gasteiger partial charge in [-0.15, -0.1) is 0 Å². The van der Waals surface area contributed by atoms with E-state index in [4.69, 9.17) is 30.9 Å². The summed E-state index contributed by atoms with van der Waals surface area (Å²) in [4.78, 5) is 23.5. The lowest BCUT2D eigenvalue weighted by Gasteiger charge is -2.10. The number of carbonyl (C=O) groups excluding carboxylic acids is 1. The van der Waals surface area contributed by atoms with Crippen LogP contribution in [-0.4, -0.2) is 31.3 Å². The second-order valence-electron chi connectivity index (χ2n) is 6.47. The maximum absolute atomic E-state index is 12.4. The zero-order chi connectivity index (χ0) is 23.1. The van der Waals surface area contributed by atoms with Crippen molar-refractivity contribution in [3.8, 4) is 17.2 Å². The normalized spacial score (nSPS) is 10.7. The average Bonchev–Trinajstić information content (AvgIpc) is 2.80. The van der Waals surface area contributed by atoms with Crippen molar-refractivity contribution < 1.29 is 28.9 Å². The molecule has 0 fully saturated rings. The van der Waals surface area contributed by atoms with Crippen LogP contribution in [0.1, 0.15) is 26.3 Å². The van der Waals surface area contributed by atoms with Crippen molar-refractivity contribution in [1.29, 1.82) is 0 Å². The van der Waals surface area contributed by atoms with Crippen molar-refractivity contribution in [1.82, 2.24) is 0 Å². The molecule has 164 valence electrons. The quantitative estimate of drug-likeness (QED) is 0.271. The molecule has 0 atom stereocenters. The maximum atomic E-state index is 12.4. The number of hydrogen-bond donors (Lipinski definition) is 1. The van der Waals surface area contributed by atoms with Crippen molar-refractivity contribution in [3.05, 3.63) is 82.4 Å². The lowest BCUT2D eigenvalue weighted by molar-refractivity contribution is 0.0694. The smallest absolute Gasteiger partial charge is 0.343 e. The van der Waals surface area contributed by atoms with Crippen molar-refractivity contribution in [3.63, 3.8) is 0 Å². The predicted molar refractivity (Wildman–Crippen MR) is 118 cm³/mol. The fourth-order valence-electron chi connectivity index (χ4n) is 2.72. The minimum absolute atomic E-state index is 0.0483. The first-order valence-corrected chi connectivity index (χ1v) is 9.72. The van der Waals surface area contributed by atoms with E-state index >= 15 is 0 Å². The highest BCUT2D eigenvalue weighted by molar-refractivity contribution is 6.33. The van der Waals surface area contributed by atoms with E-state index in [9.17, 15) is 9.59 Å². The molecule has 9 heteroatoms. The van der Waals surface area contributed by atoms with Crippen LogP contribution in [0.15, 0.2) is 70.9 Å². The molecule has 0 radical (unpaired) electrons. The van der Waals surface area contributed by atoms with Gasteiger partial charge in [0.2, 0.25) is 0 Å².